The smallest absolute Gasteiger partial charge is 0.276 e. The first-order valence-electron chi connectivity index (χ1n) is 7.33. The quantitative estimate of drug-likeness (QED) is 0.483. The number of amides is 1. The lowest BCUT2D eigenvalue weighted by Gasteiger charge is -2.14. The summed E-state index contributed by atoms with van der Waals surface area (Å²) in [5, 5.41) is 19.2. The van der Waals surface area contributed by atoms with Crippen LogP contribution in [0.1, 0.15) is 16.7 Å². The Morgan fingerprint density at radius 3 is 2.46 bits per heavy atom. The maximum Gasteiger partial charge on any atom is 0.276 e. The van der Waals surface area contributed by atoms with Crippen LogP contribution in [0.4, 0.5) is 0 Å². The van der Waals surface area contributed by atoms with Gasteiger partial charge in [0.2, 0.25) is 0 Å². The van der Waals surface area contributed by atoms with Crippen molar-refractivity contribution in [1.29, 1.82) is 0 Å². The number of nitrogens with one attached hydrogen (secondary N) is 2. The second-order valence-corrected chi connectivity index (χ2v) is 5.36. The van der Waals surface area contributed by atoms with Crippen LogP contribution < -0.4 is 15.6 Å². The number of aromatic hydroxyl groups is 2. The van der Waals surface area contributed by atoms with Gasteiger partial charge < -0.3 is 14.9 Å². The highest BCUT2D eigenvalue weighted by Crippen LogP contribution is 2.26. The number of hydrogen-bond acceptors (Lipinski definition) is 5. The third-order valence-corrected chi connectivity index (χ3v) is 3.41. The van der Waals surface area contributed by atoms with E-state index < -0.39 is 5.91 Å². The molecule has 4 N–H and O–H groups in total. The van der Waals surface area contributed by atoms with Crippen LogP contribution in [0.3, 0.4) is 0 Å². The highest BCUT2D eigenvalue weighted by molar-refractivity contribution is 5.79. The van der Waals surface area contributed by atoms with Gasteiger partial charge in [-0.15, -0.1) is 0 Å². The number of ether oxygens (including phenoxy) is 1. The number of benzene rings is 2. The minimum Gasteiger partial charge on any atom is -0.508 e. The second kappa shape index (κ2) is 7.41. The number of aryl methyl sites for hydroxylation is 2. The zero-order valence-electron chi connectivity index (χ0n) is 13.6. The molecule has 0 atom stereocenters. The fourth-order valence-corrected chi connectivity index (χ4v) is 2.18. The second-order valence-electron chi connectivity index (χ2n) is 5.36. The van der Waals surface area contributed by atoms with E-state index >= 15 is 0 Å². The van der Waals surface area contributed by atoms with E-state index in [-0.39, 0.29) is 29.4 Å². The lowest BCUT2D eigenvalue weighted by atomic mass is 10.1. The molecule has 0 radical (unpaired) electrons. The fourth-order valence-electron chi connectivity index (χ4n) is 2.18. The molecule has 2 aromatic carbocycles. The molecule has 1 amide bonds. The number of phenolic OH excluding ortho intramolecular Hbond substituents is 2. The lowest BCUT2D eigenvalue weighted by molar-refractivity contribution is -0.123. The van der Waals surface area contributed by atoms with Gasteiger partial charge >= 0.3 is 0 Å². The topological polar surface area (TPSA) is 90.8 Å². The van der Waals surface area contributed by atoms with Crippen LogP contribution in [-0.2, 0) is 4.79 Å². The molecular formula is C18H20N2O4. The summed E-state index contributed by atoms with van der Waals surface area (Å²) in [7, 11) is 0. The zero-order valence-corrected chi connectivity index (χ0v) is 13.6. The van der Waals surface area contributed by atoms with Crippen molar-refractivity contribution in [2.45, 2.75) is 13.8 Å². The van der Waals surface area contributed by atoms with E-state index in [0.717, 1.165) is 11.1 Å². The molecule has 6 heteroatoms. The van der Waals surface area contributed by atoms with E-state index in [1.807, 2.05) is 32.0 Å². The third kappa shape index (κ3) is 4.19. The number of hydrogen-bond donors (Lipinski definition) is 4. The van der Waals surface area contributed by atoms with Gasteiger partial charge in [0.15, 0.2) is 6.61 Å². The fraction of sp³-hybridized carbons (Fsp3) is 0.167. The number of hydrazine groups is 1. The molecule has 6 nitrogen and oxygen atoms in total. The number of rotatable bonds is 6. The molecule has 24 heavy (non-hydrogen) atoms. The Morgan fingerprint density at radius 1 is 1.12 bits per heavy atom. The summed E-state index contributed by atoms with van der Waals surface area (Å²) in [6, 6.07) is 9.76. The van der Waals surface area contributed by atoms with Gasteiger partial charge in [-0.05, 0) is 43.2 Å². The van der Waals surface area contributed by atoms with Crippen LogP contribution in [-0.4, -0.2) is 22.7 Å². The summed E-state index contributed by atoms with van der Waals surface area (Å²) < 4.78 is 5.54. The maximum atomic E-state index is 11.9. The first-order valence-corrected chi connectivity index (χ1v) is 7.33. The van der Waals surface area contributed by atoms with Gasteiger partial charge in [-0.3, -0.25) is 15.6 Å². The summed E-state index contributed by atoms with van der Waals surface area (Å²) in [5.41, 5.74) is 7.44. The minimum absolute atomic E-state index is 0.0181. The first kappa shape index (κ1) is 17.2. The van der Waals surface area contributed by atoms with Crippen molar-refractivity contribution in [3.05, 3.63) is 59.7 Å². The molecule has 0 fully saturated rings. The van der Waals surface area contributed by atoms with Crippen molar-refractivity contribution >= 4 is 11.6 Å². The Bertz CT molecular complexity index is 751. The van der Waals surface area contributed by atoms with Gasteiger partial charge in [0.1, 0.15) is 17.2 Å². The average molecular weight is 328 g/mol. The SMILES string of the molecule is C=C(NNC(=O)COc1c(C)cccc1C)c1cc(O)ccc1O. The third-order valence-electron chi connectivity index (χ3n) is 3.41. The Hall–Kier alpha value is -3.15. The van der Waals surface area contributed by atoms with E-state index in [1.54, 1.807) is 0 Å². The maximum absolute atomic E-state index is 11.9. The van der Waals surface area contributed by atoms with Crippen molar-refractivity contribution in [2.75, 3.05) is 6.61 Å². The summed E-state index contributed by atoms with van der Waals surface area (Å²) >= 11 is 0. The normalized spacial score (nSPS) is 10.1. The molecular weight excluding hydrogens is 308 g/mol. The van der Waals surface area contributed by atoms with Gasteiger partial charge in [-0.1, -0.05) is 24.8 Å². The van der Waals surface area contributed by atoms with Crippen LogP contribution in [0.25, 0.3) is 5.70 Å². The summed E-state index contributed by atoms with van der Waals surface area (Å²) in [5.74, 6) is 0.192. The first-order chi connectivity index (χ1) is 11.4. The van der Waals surface area contributed by atoms with Crippen molar-refractivity contribution in [3.8, 4) is 17.2 Å². The summed E-state index contributed by atoms with van der Waals surface area (Å²) in [4.78, 5) is 11.9. The molecule has 2 rings (SSSR count). The van der Waals surface area contributed by atoms with Gasteiger partial charge in [-0.25, -0.2) is 0 Å². The van der Waals surface area contributed by atoms with Crippen molar-refractivity contribution in [1.82, 2.24) is 10.9 Å². The highest BCUT2D eigenvalue weighted by atomic mass is 16.5. The largest absolute Gasteiger partial charge is 0.508 e. The van der Waals surface area contributed by atoms with Gasteiger partial charge in [-0.2, -0.15) is 0 Å². The molecule has 0 heterocycles. The summed E-state index contributed by atoms with van der Waals surface area (Å²) in [6.45, 7) is 7.35. The molecule has 0 spiro atoms. The number of carbonyl (C=O) groups is 1. The van der Waals surface area contributed by atoms with Gasteiger partial charge in [0, 0.05) is 5.56 Å². The molecule has 0 aliphatic carbocycles. The molecule has 0 aliphatic heterocycles. The standard InChI is InChI=1S/C18H20N2O4/c1-11-5-4-6-12(2)18(11)24-10-17(23)20-19-13(3)15-9-14(21)7-8-16(15)22/h4-9,19,21-22H,3,10H2,1-2H3,(H,20,23). The lowest BCUT2D eigenvalue weighted by Crippen LogP contribution is -2.39. The molecule has 0 unspecified atom stereocenters. The predicted octanol–water partition coefficient (Wildman–Crippen LogP) is 2.39. The molecule has 0 saturated carbocycles. The molecule has 0 saturated heterocycles. The number of carbonyl (C=O) groups excluding carboxylic acids is 1. The van der Waals surface area contributed by atoms with E-state index in [9.17, 15) is 15.0 Å². The van der Waals surface area contributed by atoms with Gasteiger partial charge in [0.25, 0.3) is 5.91 Å². The minimum atomic E-state index is -0.404. The Morgan fingerprint density at radius 2 is 1.79 bits per heavy atom. The Labute approximate surface area is 140 Å². The number of phenols is 2. The van der Waals surface area contributed by atoms with Crippen molar-refractivity contribution < 1.29 is 19.7 Å². The van der Waals surface area contributed by atoms with Crippen LogP contribution in [0.2, 0.25) is 0 Å². The molecule has 126 valence electrons. The Kier molecular flexibility index (Phi) is 5.31. The van der Waals surface area contributed by atoms with E-state index in [2.05, 4.69) is 17.4 Å². The molecule has 2 aromatic rings. The molecule has 0 bridgehead atoms. The van der Waals surface area contributed by atoms with E-state index in [4.69, 9.17) is 4.74 Å². The van der Waals surface area contributed by atoms with Crippen LogP contribution in [0.15, 0.2) is 43.0 Å². The number of para-hydroxylation sites is 1. The average Bonchev–Trinajstić information content (AvgIpc) is 2.54. The predicted molar refractivity (Wildman–Crippen MR) is 91.5 cm³/mol. The molecule has 0 aromatic heterocycles. The van der Waals surface area contributed by atoms with Gasteiger partial charge in [0.05, 0.1) is 5.70 Å². The summed E-state index contributed by atoms with van der Waals surface area (Å²) in [6.07, 6.45) is 0. The van der Waals surface area contributed by atoms with Crippen molar-refractivity contribution in [2.24, 2.45) is 0 Å². The van der Waals surface area contributed by atoms with Crippen LogP contribution >= 0.6 is 0 Å². The van der Waals surface area contributed by atoms with Crippen LogP contribution in [0.5, 0.6) is 17.2 Å². The van der Waals surface area contributed by atoms with Crippen molar-refractivity contribution in [3.63, 3.8) is 0 Å². The Balaban J connectivity index is 1.89. The zero-order chi connectivity index (χ0) is 17.7. The highest BCUT2D eigenvalue weighted by Gasteiger charge is 2.10. The van der Waals surface area contributed by atoms with Crippen LogP contribution in [0, 0.1) is 13.8 Å². The monoisotopic (exact) mass is 328 g/mol. The molecule has 0 aliphatic rings. The van der Waals surface area contributed by atoms with E-state index in [1.165, 1.54) is 18.2 Å². The van der Waals surface area contributed by atoms with E-state index in [0.29, 0.717) is 5.75 Å².